The van der Waals surface area contributed by atoms with Crippen LogP contribution in [0.1, 0.15) is 11.1 Å². The van der Waals surface area contributed by atoms with Gasteiger partial charge in [0.1, 0.15) is 5.75 Å². The first-order chi connectivity index (χ1) is 6.27. The van der Waals surface area contributed by atoms with E-state index in [1.54, 1.807) is 7.11 Å². The zero-order valence-corrected chi connectivity index (χ0v) is 8.48. The van der Waals surface area contributed by atoms with Crippen LogP contribution in [0.2, 0.25) is 0 Å². The van der Waals surface area contributed by atoms with E-state index in [1.165, 1.54) is 0 Å². The van der Waals surface area contributed by atoms with Crippen LogP contribution in [-0.2, 0) is 0 Å². The molecule has 0 aromatic heterocycles. The highest BCUT2D eigenvalue weighted by molar-refractivity contribution is 6.19. The Morgan fingerprint density at radius 2 is 2.23 bits per heavy atom. The van der Waals surface area contributed by atoms with Gasteiger partial charge in [-0.15, -0.1) is 11.6 Å². The minimum absolute atomic E-state index is 0.358. The van der Waals surface area contributed by atoms with Crippen LogP contribution in [0.5, 0.6) is 5.75 Å². The fourth-order valence-corrected chi connectivity index (χ4v) is 1.06. The molecule has 1 nitrogen and oxygen atoms in total. The van der Waals surface area contributed by atoms with Crippen molar-refractivity contribution in [3.63, 3.8) is 0 Å². The molecule has 0 N–H and O–H groups in total. The Labute approximate surface area is 83.7 Å². The van der Waals surface area contributed by atoms with Gasteiger partial charge in [0.15, 0.2) is 0 Å². The van der Waals surface area contributed by atoms with Crippen molar-refractivity contribution in [1.82, 2.24) is 0 Å². The molecule has 0 unspecified atom stereocenters. The SMILES string of the molecule is COc1ccc(C)c(C#CCCl)c1. The lowest BCUT2D eigenvalue weighted by Gasteiger charge is -2.02. The molecule has 0 amide bonds. The summed E-state index contributed by atoms with van der Waals surface area (Å²) in [4.78, 5) is 0. The third kappa shape index (κ3) is 2.68. The van der Waals surface area contributed by atoms with Crippen molar-refractivity contribution in [1.29, 1.82) is 0 Å². The Bertz CT molecular complexity index is 347. The molecule has 1 aromatic carbocycles. The van der Waals surface area contributed by atoms with Gasteiger partial charge in [-0.1, -0.05) is 17.9 Å². The molecule has 0 fully saturated rings. The van der Waals surface area contributed by atoms with Gasteiger partial charge in [0.25, 0.3) is 0 Å². The van der Waals surface area contributed by atoms with Crippen molar-refractivity contribution in [3.05, 3.63) is 29.3 Å². The lowest BCUT2D eigenvalue weighted by molar-refractivity contribution is 0.414. The van der Waals surface area contributed by atoms with Crippen LogP contribution in [0.15, 0.2) is 18.2 Å². The highest BCUT2D eigenvalue weighted by atomic mass is 35.5. The van der Waals surface area contributed by atoms with Crippen molar-refractivity contribution in [2.24, 2.45) is 0 Å². The summed E-state index contributed by atoms with van der Waals surface area (Å²) in [7, 11) is 1.64. The summed E-state index contributed by atoms with van der Waals surface area (Å²) in [6.07, 6.45) is 0. The van der Waals surface area contributed by atoms with Gasteiger partial charge in [-0.25, -0.2) is 0 Å². The van der Waals surface area contributed by atoms with Crippen molar-refractivity contribution in [3.8, 4) is 17.6 Å². The second kappa shape index (κ2) is 4.79. The quantitative estimate of drug-likeness (QED) is 0.493. The molecule has 0 radical (unpaired) electrons. The molecular weight excluding hydrogens is 184 g/mol. The first kappa shape index (κ1) is 9.95. The normalized spacial score (nSPS) is 8.85. The molecule has 0 aliphatic carbocycles. The van der Waals surface area contributed by atoms with Crippen molar-refractivity contribution < 1.29 is 4.74 Å². The van der Waals surface area contributed by atoms with Gasteiger partial charge < -0.3 is 4.74 Å². The van der Waals surface area contributed by atoms with Crippen LogP contribution in [0, 0.1) is 18.8 Å². The number of benzene rings is 1. The van der Waals surface area contributed by atoms with Crippen LogP contribution in [0.25, 0.3) is 0 Å². The number of hydrogen-bond donors (Lipinski definition) is 0. The number of methoxy groups -OCH3 is 1. The van der Waals surface area contributed by atoms with Gasteiger partial charge in [-0.2, -0.15) is 0 Å². The molecule has 68 valence electrons. The van der Waals surface area contributed by atoms with Gasteiger partial charge >= 0.3 is 0 Å². The third-order valence-electron chi connectivity index (χ3n) is 1.73. The highest BCUT2D eigenvalue weighted by Gasteiger charge is 1.96. The molecule has 0 atom stereocenters. The lowest BCUT2D eigenvalue weighted by atomic mass is 10.1. The molecule has 0 bridgehead atoms. The zero-order chi connectivity index (χ0) is 9.68. The van der Waals surface area contributed by atoms with Gasteiger partial charge in [0.2, 0.25) is 0 Å². The summed E-state index contributed by atoms with van der Waals surface area (Å²) in [5, 5.41) is 0. The topological polar surface area (TPSA) is 9.23 Å². The lowest BCUT2D eigenvalue weighted by Crippen LogP contribution is -1.86. The van der Waals surface area contributed by atoms with Crippen LogP contribution < -0.4 is 4.74 Å². The Morgan fingerprint density at radius 1 is 1.46 bits per heavy atom. The van der Waals surface area contributed by atoms with Gasteiger partial charge in [0, 0.05) is 5.56 Å². The number of aryl methyl sites for hydroxylation is 1. The summed E-state index contributed by atoms with van der Waals surface area (Å²) >= 11 is 5.47. The Hall–Kier alpha value is -1.13. The van der Waals surface area contributed by atoms with Gasteiger partial charge in [-0.3, -0.25) is 0 Å². The molecule has 0 spiro atoms. The van der Waals surface area contributed by atoms with E-state index in [-0.39, 0.29) is 0 Å². The van der Waals surface area contributed by atoms with Gasteiger partial charge in [-0.05, 0) is 24.6 Å². The van der Waals surface area contributed by atoms with E-state index in [0.29, 0.717) is 5.88 Å². The third-order valence-corrected chi connectivity index (χ3v) is 1.87. The number of halogens is 1. The maximum absolute atomic E-state index is 5.47. The predicted molar refractivity (Wildman–Crippen MR) is 55.3 cm³/mol. The summed E-state index contributed by atoms with van der Waals surface area (Å²) in [5.41, 5.74) is 2.11. The van der Waals surface area contributed by atoms with Crippen molar-refractivity contribution in [2.45, 2.75) is 6.92 Å². The van der Waals surface area contributed by atoms with E-state index in [4.69, 9.17) is 16.3 Å². The fourth-order valence-electron chi connectivity index (χ4n) is 0.991. The Kier molecular flexibility index (Phi) is 3.67. The number of rotatable bonds is 1. The first-order valence-corrected chi connectivity index (χ1v) is 4.51. The standard InChI is InChI=1S/C11H11ClO/c1-9-5-6-11(13-2)8-10(9)4-3-7-12/h5-6,8H,7H2,1-2H3. The monoisotopic (exact) mass is 194 g/mol. The average Bonchev–Trinajstić information content (AvgIpc) is 2.17. The summed E-state index contributed by atoms with van der Waals surface area (Å²) in [6, 6.07) is 5.81. The number of alkyl halides is 1. The number of ether oxygens (including phenoxy) is 1. The number of hydrogen-bond acceptors (Lipinski definition) is 1. The van der Waals surface area contributed by atoms with Gasteiger partial charge in [0.05, 0.1) is 13.0 Å². The Morgan fingerprint density at radius 3 is 2.85 bits per heavy atom. The highest BCUT2D eigenvalue weighted by Crippen LogP contribution is 2.15. The van der Waals surface area contributed by atoms with E-state index in [2.05, 4.69) is 11.8 Å². The van der Waals surface area contributed by atoms with Crippen LogP contribution in [0.4, 0.5) is 0 Å². The summed E-state index contributed by atoms with van der Waals surface area (Å²) < 4.78 is 5.09. The second-order valence-corrected chi connectivity index (χ2v) is 2.88. The van der Waals surface area contributed by atoms with Crippen LogP contribution in [0.3, 0.4) is 0 Å². The van der Waals surface area contributed by atoms with E-state index >= 15 is 0 Å². The van der Waals surface area contributed by atoms with E-state index in [9.17, 15) is 0 Å². The molecule has 1 aromatic rings. The smallest absolute Gasteiger partial charge is 0.120 e. The molecule has 0 aliphatic heterocycles. The fraction of sp³-hybridized carbons (Fsp3) is 0.273. The van der Waals surface area contributed by atoms with Crippen molar-refractivity contribution in [2.75, 3.05) is 13.0 Å². The maximum Gasteiger partial charge on any atom is 0.120 e. The molecular formula is C11H11ClO. The Balaban J connectivity index is 3.04. The molecule has 0 heterocycles. The molecule has 1 rings (SSSR count). The molecule has 2 heteroatoms. The maximum atomic E-state index is 5.47. The first-order valence-electron chi connectivity index (χ1n) is 3.97. The molecule has 13 heavy (non-hydrogen) atoms. The minimum atomic E-state index is 0.358. The molecule has 0 aliphatic rings. The average molecular weight is 195 g/mol. The minimum Gasteiger partial charge on any atom is -0.497 e. The van der Waals surface area contributed by atoms with Crippen LogP contribution in [-0.4, -0.2) is 13.0 Å². The predicted octanol–water partition coefficient (Wildman–Crippen LogP) is 2.59. The summed E-state index contributed by atoms with van der Waals surface area (Å²) in [6.45, 7) is 2.01. The zero-order valence-electron chi connectivity index (χ0n) is 7.73. The van der Waals surface area contributed by atoms with E-state index in [1.807, 2.05) is 25.1 Å². The second-order valence-electron chi connectivity index (χ2n) is 2.62. The van der Waals surface area contributed by atoms with E-state index in [0.717, 1.165) is 16.9 Å². The van der Waals surface area contributed by atoms with Crippen molar-refractivity contribution >= 4 is 11.6 Å². The molecule has 0 saturated heterocycles. The van der Waals surface area contributed by atoms with E-state index < -0.39 is 0 Å². The largest absolute Gasteiger partial charge is 0.497 e. The van der Waals surface area contributed by atoms with Crippen LogP contribution >= 0.6 is 11.6 Å². The summed E-state index contributed by atoms with van der Waals surface area (Å²) in [5.74, 6) is 6.97. The molecule has 0 saturated carbocycles.